The SMILES string of the molecule is NC1CCCc2cn(CC(=O)NCC3(c4ccccc4)CCOCC3)nc21. The lowest BCUT2D eigenvalue weighted by molar-refractivity contribution is -0.122. The van der Waals surface area contributed by atoms with E-state index in [0.717, 1.165) is 51.0 Å². The van der Waals surface area contributed by atoms with Gasteiger partial charge in [-0.2, -0.15) is 5.10 Å². The molecule has 27 heavy (non-hydrogen) atoms. The highest BCUT2D eigenvalue weighted by molar-refractivity contribution is 5.75. The standard InChI is InChI=1S/C21H28N4O2/c22-18-8-4-5-16-13-25(24-20(16)18)14-19(26)23-15-21(9-11-27-12-10-21)17-6-2-1-3-7-17/h1-3,6-7,13,18H,4-5,8-12,14-15,22H2,(H,23,26). The molecule has 6 nitrogen and oxygen atoms in total. The molecule has 2 aromatic rings. The number of fused-ring (bicyclic) bond motifs is 1. The van der Waals surface area contributed by atoms with Gasteiger partial charge in [0.15, 0.2) is 0 Å². The fourth-order valence-corrected chi connectivity index (χ4v) is 4.30. The van der Waals surface area contributed by atoms with E-state index in [1.807, 2.05) is 12.3 Å². The van der Waals surface area contributed by atoms with E-state index in [1.54, 1.807) is 4.68 Å². The van der Waals surface area contributed by atoms with Crippen LogP contribution in [-0.4, -0.2) is 35.4 Å². The van der Waals surface area contributed by atoms with Crippen LogP contribution in [0.5, 0.6) is 0 Å². The van der Waals surface area contributed by atoms with Crippen LogP contribution in [0.3, 0.4) is 0 Å². The summed E-state index contributed by atoms with van der Waals surface area (Å²) in [4.78, 5) is 12.6. The minimum atomic E-state index is -0.0547. The largest absolute Gasteiger partial charge is 0.381 e. The van der Waals surface area contributed by atoms with Gasteiger partial charge in [0.2, 0.25) is 5.91 Å². The van der Waals surface area contributed by atoms with Crippen molar-refractivity contribution in [3.05, 3.63) is 53.3 Å². The average molecular weight is 368 g/mol. The summed E-state index contributed by atoms with van der Waals surface area (Å²) in [6.45, 7) is 2.32. The van der Waals surface area contributed by atoms with Crippen LogP contribution in [0.15, 0.2) is 36.5 Å². The first-order valence-corrected chi connectivity index (χ1v) is 9.88. The monoisotopic (exact) mass is 368 g/mol. The Morgan fingerprint density at radius 2 is 2.07 bits per heavy atom. The van der Waals surface area contributed by atoms with Crippen molar-refractivity contribution in [3.8, 4) is 0 Å². The van der Waals surface area contributed by atoms with Crippen molar-refractivity contribution in [2.75, 3.05) is 19.8 Å². The van der Waals surface area contributed by atoms with Gasteiger partial charge in [-0.1, -0.05) is 30.3 Å². The van der Waals surface area contributed by atoms with Gasteiger partial charge in [-0.25, -0.2) is 0 Å². The second kappa shape index (κ2) is 7.82. The summed E-state index contributed by atoms with van der Waals surface area (Å²) in [6, 6.07) is 10.5. The van der Waals surface area contributed by atoms with Crippen LogP contribution in [0.1, 0.15) is 48.5 Å². The van der Waals surface area contributed by atoms with Crippen LogP contribution in [0.25, 0.3) is 0 Å². The summed E-state index contributed by atoms with van der Waals surface area (Å²) in [7, 11) is 0. The molecule has 2 aliphatic rings. The zero-order valence-corrected chi connectivity index (χ0v) is 15.7. The number of nitrogens with one attached hydrogen (secondary N) is 1. The quantitative estimate of drug-likeness (QED) is 0.847. The average Bonchev–Trinajstić information content (AvgIpc) is 3.12. The normalized spacial score (nSPS) is 21.4. The van der Waals surface area contributed by atoms with Gasteiger partial charge in [0, 0.05) is 37.4 Å². The molecule has 1 unspecified atom stereocenters. The third-order valence-corrected chi connectivity index (χ3v) is 5.95. The molecule has 144 valence electrons. The minimum Gasteiger partial charge on any atom is -0.381 e. The van der Waals surface area contributed by atoms with E-state index in [1.165, 1.54) is 11.1 Å². The lowest BCUT2D eigenvalue weighted by atomic mass is 9.74. The molecule has 1 aromatic heterocycles. The number of nitrogens with two attached hydrogens (primary N) is 1. The Bertz CT molecular complexity index is 781. The van der Waals surface area contributed by atoms with E-state index in [0.29, 0.717) is 6.54 Å². The third kappa shape index (κ3) is 3.92. The molecule has 3 N–H and O–H groups in total. The van der Waals surface area contributed by atoms with Crippen LogP contribution < -0.4 is 11.1 Å². The van der Waals surface area contributed by atoms with Crippen molar-refractivity contribution >= 4 is 5.91 Å². The Labute approximate surface area is 160 Å². The molecule has 4 rings (SSSR count). The van der Waals surface area contributed by atoms with Crippen molar-refractivity contribution in [3.63, 3.8) is 0 Å². The summed E-state index contributed by atoms with van der Waals surface area (Å²) in [5.74, 6) is -0.00906. The molecule has 0 bridgehead atoms. The van der Waals surface area contributed by atoms with Crippen molar-refractivity contribution in [2.45, 2.75) is 50.1 Å². The van der Waals surface area contributed by atoms with Gasteiger partial charge in [0.25, 0.3) is 0 Å². The molecule has 1 atom stereocenters. The predicted molar refractivity (Wildman–Crippen MR) is 103 cm³/mol. The smallest absolute Gasteiger partial charge is 0.241 e. The van der Waals surface area contributed by atoms with Gasteiger partial charge in [0.1, 0.15) is 6.54 Å². The molecular formula is C21H28N4O2. The Morgan fingerprint density at radius 1 is 1.30 bits per heavy atom. The highest BCUT2D eigenvalue weighted by atomic mass is 16.5. The van der Waals surface area contributed by atoms with Crippen molar-refractivity contribution < 1.29 is 9.53 Å². The van der Waals surface area contributed by atoms with E-state index in [4.69, 9.17) is 10.5 Å². The molecule has 1 aliphatic carbocycles. The maximum atomic E-state index is 12.6. The van der Waals surface area contributed by atoms with Crippen LogP contribution in [-0.2, 0) is 27.9 Å². The molecule has 1 amide bonds. The molecule has 1 saturated heterocycles. The first kappa shape index (κ1) is 18.2. The van der Waals surface area contributed by atoms with E-state index in [9.17, 15) is 4.79 Å². The predicted octanol–water partition coefficient (Wildman–Crippen LogP) is 2.08. The fraction of sp³-hybridized carbons (Fsp3) is 0.524. The van der Waals surface area contributed by atoms with E-state index in [-0.39, 0.29) is 23.9 Å². The summed E-state index contributed by atoms with van der Waals surface area (Å²) in [5, 5.41) is 7.70. The molecule has 1 fully saturated rings. The molecule has 0 saturated carbocycles. The van der Waals surface area contributed by atoms with Crippen LogP contribution >= 0.6 is 0 Å². The number of ether oxygens (including phenoxy) is 1. The van der Waals surface area contributed by atoms with Gasteiger partial charge >= 0.3 is 0 Å². The number of benzene rings is 1. The maximum Gasteiger partial charge on any atom is 0.241 e. The Morgan fingerprint density at radius 3 is 2.81 bits per heavy atom. The maximum absolute atomic E-state index is 12.6. The molecule has 0 spiro atoms. The Balaban J connectivity index is 1.42. The zero-order chi connectivity index (χ0) is 18.7. The second-order valence-electron chi connectivity index (χ2n) is 7.77. The third-order valence-electron chi connectivity index (χ3n) is 5.95. The topological polar surface area (TPSA) is 82.2 Å². The van der Waals surface area contributed by atoms with Crippen LogP contribution in [0.4, 0.5) is 0 Å². The number of hydrogen-bond acceptors (Lipinski definition) is 4. The van der Waals surface area contributed by atoms with Crippen molar-refractivity contribution in [1.29, 1.82) is 0 Å². The lowest BCUT2D eigenvalue weighted by Gasteiger charge is -2.38. The first-order valence-electron chi connectivity index (χ1n) is 9.88. The number of carbonyl (C=O) groups is 1. The van der Waals surface area contributed by atoms with Gasteiger partial charge in [-0.3, -0.25) is 9.48 Å². The lowest BCUT2D eigenvalue weighted by Crippen LogP contribution is -2.45. The van der Waals surface area contributed by atoms with Crippen molar-refractivity contribution in [1.82, 2.24) is 15.1 Å². The molecule has 6 heteroatoms. The van der Waals surface area contributed by atoms with E-state index < -0.39 is 0 Å². The van der Waals surface area contributed by atoms with Gasteiger partial charge in [0.05, 0.1) is 5.69 Å². The van der Waals surface area contributed by atoms with Crippen molar-refractivity contribution in [2.24, 2.45) is 5.73 Å². The number of rotatable bonds is 5. The molecular weight excluding hydrogens is 340 g/mol. The van der Waals surface area contributed by atoms with Gasteiger partial charge < -0.3 is 15.8 Å². The zero-order valence-electron chi connectivity index (χ0n) is 15.7. The summed E-state index contributed by atoms with van der Waals surface area (Å²) in [5.41, 5.74) is 9.50. The van der Waals surface area contributed by atoms with E-state index >= 15 is 0 Å². The number of aromatic nitrogens is 2. The van der Waals surface area contributed by atoms with Gasteiger partial charge in [-0.15, -0.1) is 0 Å². The summed E-state index contributed by atoms with van der Waals surface area (Å²) >= 11 is 0. The first-order chi connectivity index (χ1) is 13.2. The summed E-state index contributed by atoms with van der Waals surface area (Å²) < 4.78 is 7.31. The Hall–Kier alpha value is -2.18. The van der Waals surface area contributed by atoms with Gasteiger partial charge in [-0.05, 0) is 43.2 Å². The Kier molecular flexibility index (Phi) is 5.27. The highest BCUT2D eigenvalue weighted by Crippen LogP contribution is 2.34. The number of nitrogens with zero attached hydrogens (tertiary/aromatic N) is 2. The number of aryl methyl sites for hydroxylation is 1. The molecule has 1 aliphatic heterocycles. The number of amides is 1. The minimum absolute atomic E-state index is 0.00153. The summed E-state index contributed by atoms with van der Waals surface area (Å²) in [6.07, 6.45) is 6.88. The highest BCUT2D eigenvalue weighted by Gasteiger charge is 2.34. The molecule has 1 aromatic carbocycles. The second-order valence-corrected chi connectivity index (χ2v) is 7.77. The number of hydrogen-bond donors (Lipinski definition) is 2. The fourth-order valence-electron chi connectivity index (χ4n) is 4.30. The number of carbonyl (C=O) groups excluding carboxylic acids is 1. The molecule has 2 heterocycles. The molecule has 0 radical (unpaired) electrons. The van der Waals surface area contributed by atoms with E-state index in [2.05, 4.69) is 34.7 Å². The van der Waals surface area contributed by atoms with Crippen LogP contribution in [0.2, 0.25) is 0 Å². The van der Waals surface area contributed by atoms with Crippen LogP contribution in [0, 0.1) is 0 Å².